The van der Waals surface area contributed by atoms with Crippen LogP contribution in [0.4, 0.5) is 10.2 Å². The number of halogens is 2. The lowest BCUT2D eigenvalue weighted by atomic mass is 9.81. The molecule has 3 rings (SSSR count). The molecule has 1 aliphatic heterocycles. The van der Waals surface area contributed by atoms with Gasteiger partial charge >= 0.3 is 0 Å². The Labute approximate surface area is 140 Å². The van der Waals surface area contributed by atoms with Gasteiger partial charge in [-0.3, -0.25) is 4.68 Å². The molecule has 0 amide bonds. The minimum Gasteiger partial charge on any atom is -0.349 e. The van der Waals surface area contributed by atoms with Crippen molar-refractivity contribution in [1.29, 1.82) is 0 Å². The summed E-state index contributed by atoms with van der Waals surface area (Å²) in [6.45, 7) is 9.73. The van der Waals surface area contributed by atoms with Crippen LogP contribution in [0, 0.1) is 5.82 Å². The van der Waals surface area contributed by atoms with E-state index in [2.05, 4.69) is 37.7 Å². The zero-order chi connectivity index (χ0) is 16.9. The van der Waals surface area contributed by atoms with E-state index in [1.807, 2.05) is 16.6 Å². The molecule has 23 heavy (non-hydrogen) atoms. The molecule has 1 aliphatic rings. The number of hydrogen-bond donors (Lipinski definition) is 0. The fourth-order valence-corrected chi connectivity index (χ4v) is 3.64. The van der Waals surface area contributed by atoms with Gasteiger partial charge in [0.25, 0.3) is 0 Å². The van der Waals surface area contributed by atoms with Crippen LogP contribution in [0.15, 0.2) is 6.20 Å². The van der Waals surface area contributed by atoms with Gasteiger partial charge in [0.15, 0.2) is 11.6 Å². The Kier molecular flexibility index (Phi) is 3.83. The van der Waals surface area contributed by atoms with Gasteiger partial charge in [-0.25, -0.2) is 9.37 Å². The largest absolute Gasteiger partial charge is 0.349 e. The number of aromatic nitrogens is 4. The van der Waals surface area contributed by atoms with Crippen LogP contribution >= 0.6 is 11.6 Å². The monoisotopic (exact) mass is 337 g/mol. The number of nitrogens with zero attached hydrogens (tertiary/aromatic N) is 5. The van der Waals surface area contributed by atoms with Crippen LogP contribution in [0.5, 0.6) is 0 Å². The van der Waals surface area contributed by atoms with Crippen molar-refractivity contribution in [2.75, 3.05) is 11.4 Å². The average molecular weight is 338 g/mol. The second-order valence-corrected chi connectivity index (χ2v) is 7.38. The van der Waals surface area contributed by atoms with E-state index >= 15 is 0 Å². The lowest BCUT2D eigenvalue weighted by Crippen LogP contribution is -2.43. The van der Waals surface area contributed by atoms with E-state index in [4.69, 9.17) is 16.7 Å². The second kappa shape index (κ2) is 5.44. The molecule has 0 bridgehead atoms. The third-order valence-corrected chi connectivity index (χ3v) is 4.49. The Morgan fingerprint density at radius 3 is 2.70 bits per heavy atom. The van der Waals surface area contributed by atoms with E-state index in [1.54, 1.807) is 0 Å². The van der Waals surface area contributed by atoms with Gasteiger partial charge in [-0.15, -0.1) is 0 Å². The summed E-state index contributed by atoms with van der Waals surface area (Å²) in [4.78, 5) is 9.72. The zero-order valence-corrected chi connectivity index (χ0v) is 14.8. The molecule has 2 aromatic rings. The van der Waals surface area contributed by atoms with Gasteiger partial charge in [0.2, 0.25) is 5.28 Å². The maximum atomic E-state index is 14.2. The molecule has 0 unspecified atom stereocenters. The molecular weight excluding hydrogens is 317 g/mol. The molecule has 5 nitrogen and oxygen atoms in total. The molecule has 0 spiro atoms. The average Bonchev–Trinajstić information content (AvgIpc) is 2.78. The summed E-state index contributed by atoms with van der Waals surface area (Å²) in [5.41, 5.74) is 3.22. The van der Waals surface area contributed by atoms with E-state index < -0.39 is 5.82 Å². The van der Waals surface area contributed by atoms with Crippen molar-refractivity contribution >= 4 is 17.4 Å². The summed E-state index contributed by atoms with van der Waals surface area (Å²) in [5.74, 6) is 0.136. The van der Waals surface area contributed by atoms with E-state index in [0.717, 1.165) is 17.5 Å². The Morgan fingerprint density at radius 1 is 1.35 bits per heavy atom. The van der Waals surface area contributed by atoms with Crippen LogP contribution in [0.1, 0.15) is 50.6 Å². The fraction of sp³-hybridized carbons (Fsp3) is 0.562. The maximum Gasteiger partial charge on any atom is 0.224 e. The number of aryl methyl sites for hydroxylation is 1. The predicted octanol–water partition coefficient (Wildman–Crippen LogP) is 3.42. The Balaban J connectivity index is 2.11. The highest BCUT2D eigenvalue weighted by Gasteiger charge is 2.38. The standard InChI is InChI=1S/C16H21ClFN5/c1-9(2)12-10-7-23(14-11(18)6-19-15(17)20-14)8-16(3,4)13(10)21-22(12)5/h6,9H,7-8H2,1-5H3. The maximum absolute atomic E-state index is 14.2. The van der Waals surface area contributed by atoms with Gasteiger partial charge in [0.05, 0.1) is 11.9 Å². The highest BCUT2D eigenvalue weighted by Crippen LogP contribution is 2.38. The first-order chi connectivity index (χ1) is 10.7. The first-order valence-electron chi connectivity index (χ1n) is 7.70. The predicted molar refractivity (Wildman–Crippen MR) is 88.4 cm³/mol. The Hall–Kier alpha value is -1.69. The molecule has 2 aromatic heterocycles. The molecule has 0 fully saturated rings. The third kappa shape index (κ3) is 2.69. The minimum absolute atomic E-state index is 0.0558. The van der Waals surface area contributed by atoms with Crippen LogP contribution in [-0.4, -0.2) is 26.3 Å². The minimum atomic E-state index is -0.455. The molecule has 7 heteroatoms. The quantitative estimate of drug-likeness (QED) is 0.788. The lowest BCUT2D eigenvalue weighted by Gasteiger charge is -2.38. The van der Waals surface area contributed by atoms with E-state index in [-0.39, 0.29) is 16.5 Å². The Morgan fingerprint density at radius 2 is 2.04 bits per heavy atom. The van der Waals surface area contributed by atoms with E-state index in [1.165, 1.54) is 5.69 Å². The van der Waals surface area contributed by atoms with Gasteiger partial charge in [-0.05, 0) is 17.5 Å². The molecule has 0 aliphatic carbocycles. The van der Waals surface area contributed by atoms with Crippen LogP contribution in [0.25, 0.3) is 0 Å². The summed E-state index contributed by atoms with van der Waals surface area (Å²) < 4.78 is 16.1. The molecular formula is C16H21ClFN5. The molecule has 0 saturated carbocycles. The molecule has 0 N–H and O–H groups in total. The van der Waals surface area contributed by atoms with Gasteiger partial charge in [-0.1, -0.05) is 27.7 Å². The first kappa shape index (κ1) is 16.2. The smallest absolute Gasteiger partial charge is 0.224 e. The number of hydrogen-bond acceptors (Lipinski definition) is 4. The summed E-state index contributed by atoms with van der Waals surface area (Å²) >= 11 is 5.86. The number of fused-ring (bicyclic) bond motifs is 1. The Bertz CT molecular complexity index is 753. The van der Waals surface area contributed by atoms with Crippen LogP contribution in [0.2, 0.25) is 5.28 Å². The number of anilines is 1. The number of rotatable bonds is 2. The van der Waals surface area contributed by atoms with E-state index in [9.17, 15) is 4.39 Å². The third-order valence-electron chi connectivity index (χ3n) is 4.31. The van der Waals surface area contributed by atoms with Gasteiger partial charge in [0, 0.05) is 36.8 Å². The van der Waals surface area contributed by atoms with Gasteiger partial charge < -0.3 is 4.90 Å². The fourth-order valence-electron chi connectivity index (χ4n) is 3.51. The molecule has 0 radical (unpaired) electrons. The molecule has 124 valence electrons. The summed E-state index contributed by atoms with van der Waals surface area (Å²) in [5, 5.41) is 4.79. The van der Waals surface area contributed by atoms with Gasteiger partial charge in [-0.2, -0.15) is 10.1 Å². The van der Waals surface area contributed by atoms with Crippen molar-refractivity contribution < 1.29 is 4.39 Å². The van der Waals surface area contributed by atoms with Crippen molar-refractivity contribution in [2.24, 2.45) is 7.05 Å². The summed E-state index contributed by atoms with van der Waals surface area (Å²) in [6, 6.07) is 0. The molecule has 0 atom stereocenters. The van der Waals surface area contributed by atoms with Crippen molar-refractivity contribution in [3.05, 3.63) is 34.2 Å². The van der Waals surface area contributed by atoms with Crippen LogP contribution in [-0.2, 0) is 19.0 Å². The van der Waals surface area contributed by atoms with Crippen LogP contribution in [0.3, 0.4) is 0 Å². The van der Waals surface area contributed by atoms with E-state index in [0.29, 0.717) is 19.0 Å². The van der Waals surface area contributed by atoms with Crippen molar-refractivity contribution in [1.82, 2.24) is 19.7 Å². The molecule has 0 aromatic carbocycles. The molecule has 0 saturated heterocycles. The summed E-state index contributed by atoms with van der Waals surface area (Å²) in [6.07, 6.45) is 1.12. The normalized spacial score (nSPS) is 16.8. The van der Waals surface area contributed by atoms with Crippen molar-refractivity contribution in [3.8, 4) is 0 Å². The topological polar surface area (TPSA) is 46.8 Å². The second-order valence-electron chi connectivity index (χ2n) is 7.04. The zero-order valence-electron chi connectivity index (χ0n) is 14.1. The van der Waals surface area contributed by atoms with Crippen molar-refractivity contribution in [3.63, 3.8) is 0 Å². The van der Waals surface area contributed by atoms with Crippen molar-refractivity contribution in [2.45, 2.75) is 45.6 Å². The summed E-state index contributed by atoms with van der Waals surface area (Å²) in [7, 11) is 1.97. The SMILES string of the molecule is CC(C)c1c2c(nn1C)C(C)(C)CN(c1nc(Cl)ncc1F)C2. The van der Waals surface area contributed by atoms with Gasteiger partial charge in [0.1, 0.15) is 0 Å². The molecule has 3 heterocycles. The van der Waals surface area contributed by atoms with Crippen LogP contribution < -0.4 is 4.90 Å². The highest BCUT2D eigenvalue weighted by molar-refractivity contribution is 6.28. The first-order valence-corrected chi connectivity index (χ1v) is 8.07. The highest BCUT2D eigenvalue weighted by atomic mass is 35.5. The lowest BCUT2D eigenvalue weighted by molar-refractivity contribution is 0.452.